The molecule has 1 heterocycles. The van der Waals surface area contributed by atoms with Gasteiger partial charge in [0.05, 0.1) is 25.3 Å². The Bertz CT molecular complexity index is 776. The van der Waals surface area contributed by atoms with E-state index in [-0.39, 0.29) is 57.4 Å². The summed E-state index contributed by atoms with van der Waals surface area (Å²) in [6.45, 7) is 5.89. The summed E-state index contributed by atoms with van der Waals surface area (Å²) in [4.78, 5) is 55.9. The van der Waals surface area contributed by atoms with E-state index in [1.807, 2.05) is 13.8 Å². The molecule has 1 rings (SSSR count). The highest BCUT2D eigenvalue weighted by Gasteiger charge is 2.28. The summed E-state index contributed by atoms with van der Waals surface area (Å²) < 4.78 is 0. The van der Waals surface area contributed by atoms with E-state index in [4.69, 9.17) is 16.1 Å². The van der Waals surface area contributed by atoms with E-state index < -0.39 is 23.9 Å². The lowest BCUT2D eigenvalue weighted by molar-refractivity contribution is -0.144. The molecule has 14 heteroatoms. The fourth-order valence-electron chi connectivity index (χ4n) is 3.74. The molecule has 0 aromatic heterocycles. The third kappa shape index (κ3) is 12.6. The van der Waals surface area contributed by atoms with Crippen LogP contribution >= 0.6 is 0 Å². The number of aliphatic imine (C=N–C) groups is 1. The molecule has 1 unspecified atom stereocenters. The summed E-state index contributed by atoms with van der Waals surface area (Å²) >= 11 is 0. The fourth-order valence-corrected chi connectivity index (χ4v) is 3.74. The molecular formula is C22H39N7O7. The minimum absolute atomic E-state index is 0.0175. The predicted molar refractivity (Wildman–Crippen MR) is 133 cm³/mol. The second-order valence-corrected chi connectivity index (χ2v) is 8.86. The van der Waals surface area contributed by atoms with E-state index in [9.17, 15) is 24.3 Å². The van der Waals surface area contributed by atoms with Crippen LogP contribution in [0.2, 0.25) is 0 Å². The average Bonchev–Trinajstić information content (AvgIpc) is 2.87. The zero-order valence-electron chi connectivity index (χ0n) is 21.0. The first-order chi connectivity index (χ1) is 17.0. The summed E-state index contributed by atoms with van der Waals surface area (Å²) in [6, 6.07) is -0.973. The van der Waals surface area contributed by atoms with Crippen molar-refractivity contribution in [3.63, 3.8) is 0 Å². The van der Waals surface area contributed by atoms with Crippen LogP contribution in [0.1, 0.15) is 26.7 Å². The molecule has 0 saturated carbocycles. The van der Waals surface area contributed by atoms with Crippen LogP contribution in [-0.4, -0.2) is 137 Å². The third-order valence-corrected chi connectivity index (χ3v) is 5.75. The highest BCUT2D eigenvalue weighted by atomic mass is 16.4. The molecule has 204 valence electrons. The predicted octanol–water partition coefficient (Wildman–Crippen LogP) is -1.53. The summed E-state index contributed by atoms with van der Waals surface area (Å²) in [5, 5.41) is 34.5. The molecule has 0 aliphatic carbocycles. The SMILES string of the molecule is CC(C)C(C=NCCNC(=O)CCC(C(=O)O)N1CCN(CC(=O)O)CCN(CC(=O)O)CC1)=NN. The average molecular weight is 514 g/mol. The van der Waals surface area contributed by atoms with Gasteiger partial charge in [0.2, 0.25) is 5.91 Å². The molecule has 1 atom stereocenters. The van der Waals surface area contributed by atoms with Gasteiger partial charge >= 0.3 is 17.9 Å². The lowest BCUT2D eigenvalue weighted by Gasteiger charge is -2.30. The molecule has 0 aromatic rings. The lowest BCUT2D eigenvalue weighted by atomic mass is 10.1. The van der Waals surface area contributed by atoms with Crippen LogP contribution in [0.3, 0.4) is 0 Å². The van der Waals surface area contributed by atoms with E-state index in [1.165, 1.54) is 0 Å². The number of nitrogens with zero attached hydrogens (tertiary/aromatic N) is 5. The topological polar surface area (TPSA) is 201 Å². The second kappa shape index (κ2) is 16.5. The number of rotatable bonds is 14. The number of amides is 1. The minimum Gasteiger partial charge on any atom is -0.480 e. The van der Waals surface area contributed by atoms with E-state index in [0.717, 1.165) is 0 Å². The van der Waals surface area contributed by atoms with Crippen molar-refractivity contribution in [2.45, 2.75) is 32.7 Å². The second-order valence-electron chi connectivity index (χ2n) is 8.86. The maximum Gasteiger partial charge on any atom is 0.320 e. The zero-order valence-corrected chi connectivity index (χ0v) is 21.0. The zero-order chi connectivity index (χ0) is 27.1. The van der Waals surface area contributed by atoms with Crippen LogP contribution in [0.4, 0.5) is 0 Å². The number of aliphatic carboxylic acids is 3. The van der Waals surface area contributed by atoms with Gasteiger partial charge in [-0.3, -0.25) is 38.9 Å². The number of hydrazone groups is 1. The van der Waals surface area contributed by atoms with Crippen molar-refractivity contribution in [1.82, 2.24) is 20.0 Å². The molecule has 0 spiro atoms. The first-order valence-corrected chi connectivity index (χ1v) is 11.9. The highest BCUT2D eigenvalue weighted by Crippen LogP contribution is 2.11. The number of carbonyl (C=O) groups excluding carboxylic acids is 1. The van der Waals surface area contributed by atoms with Crippen molar-refractivity contribution in [2.24, 2.45) is 21.9 Å². The molecule has 1 saturated heterocycles. The van der Waals surface area contributed by atoms with Gasteiger partial charge in [0, 0.05) is 58.4 Å². The van der Waals surface area contributed by atoms with Crippen molar-refractivity contribution in [2.75, 3.05) is 65.4 Å². The fraction of sp³-hybridized carbons (Fsp3) is 0.727. The van der Waals surface area contributed by atoms with Gasteiger partial charge in [-0.05, 0) is 12.3 Å². The van der Waals surface area contributed by atoms with Gasteiger partial charge in [-0.1, -0.05) is 13.8 Å². The van der Waals surface area contributed by atoms with Gasteiger partial charge in [-0.25, -0.2) is 0 Å². The Labute approximate surface area is 210 Å². The maximum absolute atomic E-state index is 12.3. The van der Waals surface area contributed by atoms with Crippen LogP contribution < -0.4 is 11.2 Å². The number of carboxylic acid groups (broad SMARTS) is 3. The smallest absolute Gasteiger partial charge is 0.320 e. The molecule has 1 fully saturated rings. The van der Waals surface area contributed by atoms with E-state index in [0.29, 0.717) is 38.4 Å². The molecular weight excluding hydrogens is 474 g/mol. The van der Waals surface area contributed by atoms with Crippen molar-refractivity contribution in [3.05, 3.63) is 0 Å². The number of hydrogen-bond donors (Lipinski definition) is 5. The minimum atomic E-state index is -1.09. The number of carbonyl (C=O) groups is 4. The quantitative estimate of drug-likeness (QED) is 0.0780. The number of hydrogen-bond acceptors (Lipinski definition) is 10. The first kappa shape index (κ1) is 30.9. The first-order valence-electron chi connectivity index (χ1n) is 11.9. The summed E-state index contributed by atoms with van der Waals surface area (Å²) in [5.41, 5.74) is 0.638. The molecule has 36 heavy (non-hydrogen) atoms. The molecule has 1 amide bonds. The molecule has 14 nitrogen and oxygen atoms in total. The van der Waals surface area contributed by atoms with Crippen LogP contribution in [0, 0.1) is 5.92 Å². The Morgan fingerprint density at radius 2 is 1.47 bits per heavy atom. The Morgan fingerprint density at radius 3 is 1.92 bits per heavy atom. The largest absolute Gasteiger partial charge is 0.480 e. The Balaban J connectivity index is 2.70. The number of nitrogens with two attached hydrogens (primary N) is 1. The van der Waals surface area contributed by atoms with Gasteiger partial charge in [0.1, 0.15) is 6.04 Å². The molecule has 1 aliphatic heterocycles. The number of nitrogens with one attached hydrogen (secondary N) is 1. The van der Waals surface area contributed by atoms with Crippen LogP contribution in [0.25, 0.3) is 0 Å². The van der Waals surface area contributed by atoms with Crippen molar-refractivity contribution >= 4 is 35.7 Å². The van der Waals surface area contributed by atoms with Crippen molar-refractivity contribution in [1.29, 1.82) is 0 Å². The van der Waals surface area contributed by atoms with Crippen LogP contribution in [0.15, 0.2) is 10.1 Å². The summed E-state index contributed by atoms with van der Waals surface area (Å²) in [7, 11) is 0. The highest BCUT2D eigenvalue weighted by molar-refractivity contribution is 6.31. The summed E-state index contributed by atoms with van der Waals surface area (Å²) in [5.74, 6) is 1.98. The molecule has 0 bridgehead atoms. The Hall–Kier alpha value is -3.10. The van der Waals surface area contributed by atoms with Gasteiger partial charge in [0.15, 0.2) is 0 Å². The van der Waals surface area contributed by atoms with Gasteiger partial charge in [-0.15, -0.1) is 0 Å². The van der Waals surface area contributed by atoms with Crippen LogP contribution in [0.5, 0.6) is 0 Å². The van der Waals surface area contributed by atoms with E-state index >= 15 is 0 Å². The third-order valence-electron chi connectivity index (χ3n) is 5.75. The van der Waals surface area contributed by atoms with E-state index in [2.05, 4.69) is 15.4 Å². The van der Waals surface area contributed by atoms with Crippen molar-refractivity contribution in [3.8, 4) is 0 Å². The Morgan fingerprint density at radius 1 is 0.944 bits per heavy atom. The lowest BCUT2D eigenvalue weighted by Crippen LogP contribution is -2.47. The molecule has 1 aliphatic rings. The standard InChI is InChI=1S/C22H39N7O7/c1-16(2)17(26-23)13-24-5-6-25-19(30)4-3-18(22(35)36)29-11-9-27(14-20(31)32)7-8-28(10-12-29)15-21(33)34/h13,16,18H,3-12,14-15,23H2,1-2H3,(H,25,30)(H,31,32)(H,33,34)(H,35,36). The summed E-state index contributed by atoms with van der Waals surface area (Å²) in [6.07, 6.45) is 1.60. The number of carboxylic acids is 3. The molecule has 0 radical (unpaired) electrons. The van der Waals surface area contributed by atoms with E-state index in [1.54, 1.807) is 20.9 Å². The normalized spacial score (nSPS) is 17.9. The van der Waals surface area contributed by atoms with Crippen molar-refractivity contribution < 1.29 is 34.5 Å². The molecule has 0 aromatic carbocycles. The maximum atomic E-state index is 12.3. The van der Waals surface area contributed by atoms with Gasteiger partial charge in [0.25, 0.3) is 0 Å². The Kier molecular flexibility index (Phi) is 14.2. The van der Waals surface area contributed by atoms with Gasteiger partial charge in [-0.2, -0.15) is 5.10 Å². The molecule has 6 N–H and O–H groups in total. The van der Waals surface area contributed by atoms with Crippen LogP contribution in [-0.2, 0) is 19.2 Å². The monoisotopic (exact) mass is 513 g/mol. The van der Waals surface area contributed by atoms with Gasteiger partial charge < -0.3 is 26.5 Å².